The summed E-state index contributed by atoms with van der Waals surface area (Å²) < 4.78 is 5.78. The molecule has 0 saturated heterocycles. The van der Waals surface area contributed by atoms with Crippen LogP contribution in [0.3, 0.4) is 0 Å². The molecule has 0 fully saturated rings. The van der Waals surface area contributed by atoms with Crippen molar-refractivity contribution in [2.24, 2.45) is 0 Å². The van der Waals surface area contributed by atoms with Gasteiger partial charge < -0.3 is 15.0 Å². The number of benzene rings is 1. The third kappa shape index (κ3) is 6.14. The zero-order chi connectivity index (χ0) is 19.8. The Bertz CT molecular complexity index is 896. The van der Waals surface area contributed by atoms with E-state index in [4.69, 9.17) is 4.74 Å². The Morgan fingerprint density at radius 1 is 1.21 bits per heavy atom. The number of amides is 1. The van der Waals surface area contributed by atoms with Gasteiger partial charge >= 0.3 is 0 Å². The molecule has 6 nitrogen and oxygen atoms in total. The first-order valence-electron chi connectivity index (χ1n) is 9.12. The van der Waals surface area contributed by atoms with Gasteiger partial charge in [0, 0.05) is 29.9 Å². The number of ether oxygens (including phenoxy) is 1. The molecule has 2 aromatic heterocycles. The summed E-state index contributed by atoms with van der Waals surface area (Å²) in [5, 5.41) is 5.39. The molecule has 146 valence electrons. The van der Waals surface area contributed by atoms with Gasteiger partial charge in [0.1, 0.15) is 5.75 Å². The minimum atomic E-state index is -0.0969. The van der Waals surface area contributed by atoms with Crippen molar-refractivity contribution in [1.29, 1.82) is 0 Å². The standard InChI is InChI=1S/C21H24N4O2S/c1-25(2)11-4-12-27-18-6-3-5-16(13-18)14-20(26)24-21-23-19(15-28-21)17-7-9-22-10-8-17/h3,5-10,13,15H,4,11-12,14H2,1-2H3,(H,23,24,26). The van der Waals surface area contributed by atoms with Crippen LogP contribution in [0, 0.1) is 0 Å². The molecular formula is C21H24N4O2S. The van der Waals surface area contributed by atoms with Crippen LogP contribution in [0.5, 0.6) is 5.75 Å². The molecule has 0 saturated carbocycles. The van der Waals surface area contributed by atoms with E-state index in [0.717, 1.165) is 35.5 Å². The molecule has 2 heterocycles. The molecular weight excluding hydrogens is 372 g/mol. The number of hydrogen-bond donors (Lipinski definition) is 1. The van der Waals surface area contributed by atoms with Crippen molar-refractivity contribution < 1.29 is 9.53 Å². The maximum atomic E-state index is 12.4. The van der Waals surface area contributed by atoms with Crippen molar-refractivity contribution >= 4 is 22.4 Å². The number of rotatable bonds is 9. The highest BCUT2D eigenvalue weighted by Crippen LogP contribution is 2.24. The molecule has 3 rings (SSSR count). The normalized spacial score (nSPS) is 10.8. The van der Waals surface area contributed by atoms with Crippen molar-refractivity contribution in [3.63, 3.8) is 0 Å². The van der Waals surface area contributed by atoms with Crippen LogP contribution in [0.25, 0.3) is 11.3 Å². The molecule has 3 aromatic rings. The predicted molar refractivity (Wildman–Crippen MR) is 113 cm³/mol. The molecule has 0 bridgehead atoms. The molecule has 1 amide bonds. The number of nitrogens with one attached hydrogen (secondary N) is 1. The van der Waals surface area contributed by atoms with E-state index in [9.17, 15) is 4.79 Å². The Balaban J connectivity index is 1.52. The fraction of sp³-hybridized carbons (Fsp3) is 0.286. The number of nitrogens with zero attached hydrogens (tertiary/aromatic N) is 3. The van der Waals surface area contributed by atoms with Gasteiger partial charge in [0.25, 0.3) is 0 Å². The van der Waals surface area contributed by atoms with Gasteiger partial charge in [-0.25, -0.2) is 4.98 Å². The molecule has 1 N–H and O–H groups in total. The Morgan fingerprint density at radius 3 is 2.82 bits per heavy atom. The minimum Gasteiger partial charge on any atom is -0.494 e. The highest BCUT2D eigenvalue weighted by atomic mass is 32.1. The topological polar surface area (TPSA) is 67.3 Å². The summed E-state index contributed by atoms with van der Waals surface area (Å²) in [5.74, 6) is 0.693. The third-order valence-corrected chi connectivity index (χ3v) is 4.77. The fourth-order valence-electron chi connectivity index (χ4n) is 2.65. The van der Waals surface area contributed by atoms with Gasteiger partial charge in [-0.3, -0.25) is 9.78 Å². The Hall–Kier alpha value is -2.77. The summed E-state index contributed by atoms with van der Waals surface area (Å²) >= 11 is 1.41. The van der Waals surface area contributed by atoms with Gasteiger partial charge in [0.15, 0.2) is 5.13 Å². The first kappa shape index (κ1) is 20.0. The first-order valence-corrected chi connectivity index (χ1v) is 10.0. The van der Waals surface area contributed by atoms with Gasteiger partial charge in [0.2, 0.25) is 5.91 Å². The second kappa shape index (κ2) is 9.96. The van der Waals surface area contributed by atoms with Crippen LogP contribution in [0.15, 0.2) is 54.2 Å². The van der Waals surface area contributed by atoms with Crippen LogP contribution >= 0.6 is 11.3 Å². The van der Waals surface area contributed by atoms with Crippen LogP contribution in [0.4, 0.5) is 5.13 Å². The summed E-state index contributed by atoms with van der Waals surface area (Å²) in [6, 6.07) is 11.5. The van der Waals surface area contributed by atoms with Gasteiger partial charge in [-0.2, -0.15) is 0 Å². The Kier molecular flexibility index (Phi) is 7.11. The van der Waals surface area contributed by atoms with E-state index < -0.39 is 0 Å². The molecule has 7 heteroatoms. The fourth-order valence-corrected chi connectivity index (χ4v) is 3.39. The van der Waals surface area contributed by atoms with E-state index >= 15 is 0 Å². The molecule has 28 heavy (non-hydrogen) atoms. The SMILES string of the molecule is CN(C)CCCOc1cccc(CC(=O)Nc2nc(-c3ccncc3)cs2)c1. The predicted octanol–water partition coefficient (Wildman–Crippen LogP) is 3.72. The molecule has 1 aromatic carbocycles. The van der Waals surface area contributed by atoms with E-state index in [-0.39, 0.29) is 12.3 Å². The first-order chi connectivity index (χ1) is 13.6. The maximum Gasteiger partial charge on any atom is 0.230 e. The highest BCUT2D eigenvalue weighted by Gasteiger charge is 2.09. The highest BCUT2D eigenvalue weighted by molar-refractivity contribution is 7.14. The molecule has 0 radical (unpaired) electrons. The second-order valence-electron chi connectivity index (χ2n) is 6.65. The molecule has 0 atom stereocenters. The van der Waals surface area contributed by atoms with Gasteiger partial charge in [-0.15, -0.1) is 11.3 Å². The number of aromatic nitrogens is 2. The minimum absolute atomic E-state index is 0.0969. The van der Waals surface area contributed by atoms with Gasteiger partial charge in [-0.05, 0) is 50.3 Å². The van der Waals surface area contributed by atoms with Crippen LogP contribution in [-0.2, 0) is 11.2 Å². The molecule has 0 spiro atoms. The summed E-state index contributed by atoms with van der Waals surface area (Å²) in [6.07, 6.45) is 4.69. The lowest BCUT2D eigenvalue weighted by molar-refractivity contribution is -0.115. The number of thiazole rings is 1. The van der Waals surface area contributed by atoms with Crippen molar-refractivity contribution in [1.82, 2.24) is 14.9 Å². The van der Waals surface area contributed by atoms with Crippen molar-refractivity contribution in [2.75, 3.05) is 32.6 Å². The number of carbonyl (C=O) groups is 1. The lowest BCUT2D eigenvalue weighted by atomic mass is 10.1. The van der Waals surface area contributed by atoms with E-state index in [1.54, 1.807) is 12.4 Å². The lowest BCUT2D eigenvalue weighted by Crippen LogP contribution is -2.16. The zero-order valence-corrected chi connectivity index (χ0v) is 16.9. The largest absolute Gasteiger partial charge is 0.494 e. The number of hydrogen-bond acceptors (Lipinski definition) is 6. The van der Waals surface area contributed by atoms with Crippen molar-refractivity contribution in [3.05, 3.63) is 59.7 Å². The van der Waals surface area contributed by atoms with Crippen LogP contribution < -0.4 is 10.1 Å². The molecule has 0 unspecified atom stereocenters. The lowest BCUT2D eigenvalue weighted by Gasteiger charge is -2.11. The molecule has 0 aliphatic heterocycles. The average molecular weight is 397 g/mol. The monoisotopic (exact) mass is 396 g/mol. The number of carbonyl (C=O) groups excluding carboxylic acids is 1. The van der Waals surface area contributed by atoms with Crippen LogP contribution in [0.1, 0.15) is 12.0 Å². The van der Waals surface area contributed by atoms with Gasteiger partial charge in [0.05, 0.1) is 18.7 Å². The zero-order valence-electron chi connectivity index (χ0n) is 16.1. The molecule has 0 aliphatic rings. The van der Waals surface area contributed by atoms with Crippen molar-refractivity contribution in [2.45, 2.75) is 12.8 Å². The smallest absolute Gasteiger partial charge is 0.230 e. The summed E-state index contributed by atoms with van der Waals surface area (Å²) in [7, 11) is 4.09. The van der Waals surface area contributed by atoms with E-state index in [2.05, 4.69) is 20.2 Å². The average Bonchev–Trinajstić information content (AvgIpc) is 3.14. The van der Waals surface area contributed by atoms with Crippen LogP contribution in [0.2, 0.25) is 0 Å². The van der Waals surface area contributed by atoms with E-state index in [0.29, 0.717) is 11.7 Å². The third-order valence-electron chi connectivity index (χ3n) is 4.01. The van der Waals surface area contributed by atoms with E-state index in [1.807, 2.05) is 55.9 Å². The summed E-state index contributed by atoms with van der Waals surface area (Å²) in [6.45, 7) is 1.64. The number of anilines is 1. The second-order valence-corrected chi connectivity index (χ2v) is 7.51. The van der Waals surface area contributed by atoms with E-state index in [1.165, 1.54) is 11.3 Å². The quantitative estimate of drug-likeness (QED) is 0.559. The van der Waals surface area contributed by atoms with Crippen LogP contribution in [-0.4, -0.2) is 48.0 Å². The Morgan fingerprint density at radius 2 is 2.04 bits per heavy atom. The Labute approximate surface area is 169 Å². The summed E-state index contributed by atoms with van der Waals surface area (Å²) in [4.78, 5) is 23.0. The maximum absolute atomic E-state index is 12.4. The van der Waals surface area contributed by atoms with Crippen molar-refractivity contribution in [3.8, 4) is 17.0 Å². The molecule has 0 aliphatic carbocycles. The summed E-state index contributed by atoms with van der Waals surface area (Å²) in [5.41, 5.74) is 2.72. The number of pyridine rings is 1. The van der Waals surface area contributed by atoms with Gasteiger partial charge in [-0.1, -0.05) is 12.1 Å².